The molecule has 0 bridgehead atoms. The second kappa shape index (κ2) is 5.10. The van der Waals surface area contributed by atoms with Crippen molar-refractivity contribution < 1.29 is 9.53 Å². The van der Waals surface area contributed by atoms with Gasteiger partial charge in [0.1, 0.15) is 5.75 Å². The molecule has 0 unspecified atom stereocenters. The number of carbonyl (C=O) groups is 1. The number of benzene rings is 1. The van der Waals surface area contributed by atoms with Crippen molar-refractivity contribution in [1.82, 2.24) is 0 Å². The van der Waals surface area contributed by atoms with Gasteiger partial charge in [-0.15, -0.1) is 0 Å². The Morgan fingerprint density at radius 3 is 2.89 bits per heavy atom. The van der Waals surface area contributed by atoms with E-state index in [9.17, 15) is 4.79 Å². The van der Waals surface area contributed by atoms with Crippen LogP contribution in [0.25, 0.3) is 6.08 Å². The van der Waals surface area contributed by atoms with Crippen molar-refractivity contribution in [2.75, 3.05) is 6.61 Å². The van der Waals surface area contributed by atoms with Gasteiger partial charge in [-0.3, -0.25) is 4.79 Å². The van der Waals surface area contributed by atoms with Gasteiger partial charge >= 0.3 is 0 Å². The number of nitrogens with zero attached hydrogens (tertiary/aromatic N) is 1. The average Bonchev–Trinajstić information content (AvgIpc) is 2.49. The van der Waals surface area contributed by atoms with E-state index < -0.39 is 5.91 Å². The van der Waals surface area contributed by atoms with E-state index in [1.807, 2.05) is 0 Å². The van der Waals surface area contributed by atoms with E-state index in [1.54, 1.807) is 24.3 Å². The van der Waals surface area contributed by atoms with E-state index in [0.29, 0.717) is 29.4 Å². The molecule has 1 heterocycles. The lowest BCUT2D eigenvalue weighted by atomic mass is 10.1. The molecule has 1 aliphatic rings. The maximum atomic E-state index is 11.7. The highest BCUT2D eigenvalue weighted by atomic mass is 35.5. The fourth-order valence-corrected chi connectivity index (χ4v) is 1.80. The second-order valence-electron chi connectivity index (χ2n) is 3.79. The summed E-state index contributed by atoms with van der Waals surface area (Å²) >= 11 is 5.88. The number of rotatable bonds is 1. The first kappa shape index (κ1) is 12.4. The number of hydrogen-bond acceptors (Lipinski definition) is 2. The van der Waals surface area contributed by atoms with Crippen molar-refractivity contribution in [3.8, 4) is 5.75 Å². The van der Waals surface area contributed by atoms with Crippen LogP contribution in [0.5, 0.6) is 5.75 Å². The van der Waals surface area contributed by atoms with E-state index in [1.165, 1.54) is 0 Å². The predicted octanol–water partition coefficient (Wildman–Crippen LogP) is 1.31. The second-order valence-corrected chi connectivity index (χ2v) is 4.23. The summed E-state index contributed by atoms with van der Waals surface area (Å²) in [5, 5.41) is 0.584. The number of guanidine groups is 1. The summed E-state index contributed by atoms with van der Waals surface area (Å²) < 4.78 is 5.51. The SMILES string of the molecule is NC(N)=NC(=O)C1=Cc2ccc(Cl)cc2OCC1. The van der Waals surface area contributed by atoms with Crippen LogP contribution >= 0.6 is 11.6 Å². The fraction of sp³-hybridized carbons (Fsp3) is 0.167. The molecule has 6 heteroatoms. The summed E-state index contributed by atoms with van der Waals surface area (Å²) in [6.07, 6.45) is 2.16. The zero-order valence-corrected chi connectivity index (χ0v) is 10.3. The largest absolute Gasteiger partial charge is 0.493 e. The summed E-state index contributed by atoms with van der Waals surface area (Å²) in [5.74, 6) is -0.0428. The Hall–Kier alpha value is -2.01. The molecule has 1 aromatic rings. The van der Waals surface area contributed by atoms with Gasteiger partial charge < -0.3 is 16.2 Å². The van der Waals surface area contributed by atoms with Crippen LogP contribution in [0, 0.1) is 0 Å². The van der Waals surface area contributed by atoms with Crippen molar-refractivity contribution >= 4 is 29.5 Å². The molecule has 0 aliphatic carbocycles. The van der Waals surface area contributed by atoms with Crippen LogP contribution < -0.4 is 16.2 Å². The molecule has 94 valence electrons. The van der Waals surface area contributed by atoms with Gasteiger partial charge in [0.25, 0.3) is 5.91 Å². The van der Waals surface area contributed by atoms with Crippen molar-refractivity contribution in [1.29, 1.82) is 0 Å². The number of amides is 1. The van der Waals surface area contributed by atoms with Crippen molar-refractivity contribution in [3.05, 3.63) is 34.4 Å². The highest BCUT2D eigenvalue weighted by Gasteiger charge is 2.15. The highest BCUT2D eigenvalue weighted by Crippen LogP contribution is 2.29. The van der Waals surface area contributed by atoms with Gasteiger partial charge in [-0.25, -0.2) is 0 Å². The molecule has 4 N–H and O–H groups in total. The molecule has 0 aromatic heterocycles. The lowest BCUT2D eigenvalue weighted by Gasteiger charge is -2.05. The van der Waals surface area contributed by atoms with Crippen LogP contribution in [0.2, 0.25) is 5.02 Å². The lowest BCUT2D eigenvalue weighted by Crippen LogP contribution is -2.24. The summed E-state index contributed by atoms with van der Waals surface area (Å²) in [6, 6.07) is 5.22. The van der Waals surface area contributed by atoms with Crippen LogP contribution in [-0.4, -0.2) is 18.5 Å². The predicted molar refractivity (Wildman–Crippen MR) is 70.4 cm³/mol. The van der Waals surface area contributed by atoms with Gasteiger partial charge in [-0.2, -0.15) is 4.99 Å². The van der Waals surface area contributed by atoms with Crippen molar-refractivity contribution in [2.24, 2.45) is 16.5 Å². The first-order valence-electron chi connectivity index (χ1n) is 5.33. The number of ether oxygens (including phenoxy) is 1. The average molecular weight is 266 g/mol. The molecular weight excluding hydrogens is 254 g/mol. The Bertz CT molecular complexity index is 548. The number of carbonyl (C=O) groups excluding carboxylic acids is 1. The smallest absolute Gasteiger partial charge is 0.276 e. The van der Waals surface area contributed by atoms with Crippen LogP contribution in [0.3, 0.4) is 0 Å². The summed E-state index contributed by atoms with van der Waals surface area (Å²) in [7, 11) is 0. The third-order valence-corrected chi connectivity index (χ3v) is 2.67. The monoisotopic (exact) mass is 265 g/mol. The van der Waals surface area contributed by atoms with Gasteiger partial charge in [-0.05, 0) is 24.3 Å². The van der Waals surface area contributed by atoms with Crippen molar-refractivity contribution in [3.63, 3.8) is 0 Å². The van der Waals surface area contributed by atoms with Gasteiger partial charge in [0, 0.05) is 22.6 Å². The molecular formula is C12H12ClN3O2. The Kier molecular flexibility index (Phi) is 3.53. The number of nitrogens with two attached hydrogens (primary N) is 2. The Balaban J connectivity index is 2.37. The zero-order chi connectivity index (χ0) is 13.1. The molecule has 0 saturated heterocycles. The number of halogens is 1. The van der Waals surface area contributed by atoms with Crippen LogP contribution in [0.1, 0.15) is 12.0 Å². The lowest BCUT2D eigenvalue weighted by molar-refractivity contribution is -0.114. The molecule has 2 rings (SSSR count). The quantitative estimate of drug-likeness (QED) is 0.592. The molecule has 1 aromatic carbocycles. The molecule has 5 nitrogen and oxygen atoms in total. The minimum atomic E-state index is -0.443. The van der Waals surface area contributed by atoms with E-state index in [4.69, 9.17) is 27.8 Å². The molecule has 0 radical (unpaired) electrons. The number of aliphatic imine (C=N–C) groups is 1. The number of hydrogen-bond donors (Lipinski definition) is 2. The molecule has 0 spiro atoms. The molecule has 1 aliphatic heterocycles. The first-order valence-corrected chi connectivity index (χ1v) is 5.71. The standard InChI is InChI=1S/C12H12ClN3O2/c13-9-2-1-7-5-8(11(17)16-12(14)15)3-4-18-10(7)6-9/h1-2,5-6H,3-4H2,(H4,14,15,16,17). The Morgan fingerprint density at radius 2 is 2.17 bits per heavy atom. The third-order valence-electron chi connectivity index (χ3n) is 2.44. The van der Waals surface area contributed by atoms with Gasteiger partial charge in [0.05, 0.1) is 6.61 Å². The minimum Gasteiger partial charge on any atom is -0.493 e. The topological polar surface area (TPSA) is 90.7 Å². The van der Waals surface area contributed by atoms with Crippen LogP contribution in [-0.2, 0) is 4.79 Å². The Labute approximate surface area is 109 Å². The zero-order valence-electron chi connectivity index (χ0n) is 9.52. The summed E-state index contributed by atoms with van der Waals surface area (Å²) in [5.41, 5.74) is 11.7. The van der Waals surface area contributed by atoms with Gasteiger partial charge in [0.15, 0.2) is 5.96 Å². The van der Waals surface area contributed by atoms with Gasteiger partial charge in [0.2, 0.25) is 0 Å². The summed E-state index contributed by atoms with van der Waals surface area (Å²) in [6.45, 7) is 0.380. The molecule has 0 saturated carbocycles. The van der Waals surface area contributed by atoms with E-state index in [2.05, 4.69) is 4.99 Å². The van der Waals surface area contributed by atoms with E-state index in [-0.39, 0.29) is 5.96 Å². The number of fused-ring (bicyclic) bond motifs is 1. The van der Waals surface area contributed by atoms with E-state index >= 15 is 0 Å². The van der Waals surface area contributed by atoms with Crippen molar-refractivity contribution in [2.45, 2.75) is 6.42 Å². The molecule has 0 fully saturated rings. The Morgan fingerprint density at radius 1 is 1.39 bits per heavy atom. The molecule has 18 heavy (non-hydrogen) atoms. The maximum absolute atomic E-state index is 11.7. The minimum absolute atomic E-state index is 0.248. The first-order chi connectivity index (χ1) is 8.56. The summed E-state index contributed by atoms with van der Waals surface area (Å²) in [4.78, 5) is 15.3. The normalized spacial score (nSPS) is 13.7. The molecule has 1 amide bonds. The third kappa shape index (κ3) is 2.81. The highest BCUT2D eigenvalue weighted by molar-refractivity contribution is 6.30. The fourth-order valence-electron chi connectivity index (χ4n) is 1.64. The van der Waals surface area contributed by atoms with E-state index in [0.717, 1.165) is 5.56 Å². The maximum Gasteiger partial charge on any atom is 0.276 e. The van der Waals surface area contributed by atoms with Crippen LogP contribution in [0.15, 0.2) is 28.8 Å². The van der Waals surface area contributed by atoms with Crippen LogP contribution in [0.4, 0.5) is 0 Å². The molecule has 0 atom stereocenters. The van der Waals surface area contributed by atoms with Gasteiger partial charge in [-0.1, -0.05) is 11.6 Å².